The van der Waals surface area contributed by atoms with E-state index in [1.165, 1.54) is 37.0 Å². The first kappa shape index (κ1) is 13.3. The molecule has 1 saturated carbocycles. The molecule has 3 unspecified atom stereocenters. The molecule has 0 radical (unpaired) electrons. The van der Waals surface area contributed by atoms with Crippen LogP contribution < -0.4 is 5.32 Å². The molecular formula is C16H23NOS. The first-order valence-electron chi connectivity index (χ1n) is 7.64. The highest BCUT2D eigenvalue weighted by molar-refractivity contribution is 7.09. The molecule has 2 aliphatic rings. The molecule has 1 aliphatic heterocycles. The van der Waals surface area contributed by atoms with E-state index in [0.29, 0.717) is 18.2 Å². The number of ketones is 1. The third-order valence-corrected chi connectivity index (χ3v) is 5.67. The fourth-order valence-electron chi connectivity index (χ4n) is 3.62. The zero-order chi connectivity index (χ0) is 13.1. The molecule has 1 aromatic heterocycles. The number of thiophene rings is 1. The number of carbonyl (C=O) groups is 1. The Kier molecular flexibility index (Phi) is 4.34. The normalized spacial score (nSPS) is 30.8. The molecule has 3 heteroatoms. The van der Waals surface area contributed by atoms with Gasteiger partial charge in [0.25, 0.3) is 0 Å². The zero-order valence-electron chi connectivity index (χ0n) is 11.4. The van der Waals surface area contributed by atoms with Gasteiger partial charge < -0.3 is 5.32 Å². The lowest BCUT2D eigenvalue weighted by Gasteiger charge is -2.40. The molecule has 104 valence electrons. The molecule has 2 heterocycles. The molecule has 2 fully saturated rings. The fourth-order valence-corrected chi connectivity index (χ4v) is 4.33. The van der Waals surface area contributed by atoms with E-state index >= 15 is 0 Å². The second-order valence-corrected chi connectivity index (χ2v) is 7.03. The minimum Gasteiger partial charge on any atom is -0.304 e. The summed E-state index contributed by atoms with van der Waals surface area (Å²) in [5.74, 6) is 1.27. The van der Waals surface area contributed by atoms with Crippen LogP contribution in [-0.2, 0) is 11.2 Å². The molecule has 0 spiro atoms. The number of fused-ring (bicyclic) bond motifs is 1. The molecule has 19 heavy (non-hydrogen) atoms. The van der Waals surface area contributed by atoms with Crippen molar-refractivity contribution in [3.8, 4) is 0 Å². The SMILES string of the molecule is O=C(CCc1cccs1)C1CCC2CCCCC2N1. The van der Waals surface area contributed by atoms with Crippen molar-refractivity contribution in [3.63, 3.8) is 0 Å². The largest absolute Gasteiger partial charge is 0.304 e. The number of carbonyl (C=O) groups excluding carboxylic acids is 1. The molecule has 1 saturated heterocycles. The van der Waals surface area contributed by atoms with E-state index in [4.69, 9.17) is 0 Å². The van der Waals surface area contributed by atoms with Crippen molar-refractivity contribution in [3.05, 3.63) is 22.4 Å². The lowest BCUT2D eigenvalue weighted by Crippen LogP contribution is -2.52. The predicted octanol–water partition coefficient (Wildman–Crippen LogP) is 3.56. The van der Waals surface area contributed by atoms with Crippen LogP contribution in [0.15, 0.2) is 17.5 Å². The quantitative estimate of drug-likeness (QED) is 0.911. The third-order valence-electron chi connectivity index (χ3n) is 4.74. The van der Waals surface area contributed by atoms with Crippen molar-refractivity contribution in [1.29, 1.82) is 0 Å². The van der Waals surface area contributed by atoms with E-state index in [-0.39, 0.29) is 6.04 Å². The van der Waals surface area contributed by atoms with Crippen molar-refractivity contribution in [1.82, 2.24) is 5.32 Å². The van der Waals surface area contributed by atoms with E-state index in [2.05, 4.69) is 22.8 Å². The van der Waals surface area contributed by atoms with Crippen molar-refractivity contribution in [2.45, 2.75) is 63.5 Å². The second kappa shape index (κ2) is 6.19. The molecule has 3 rings (SSSR count). The predicted molar refractivity (Wildman–Crippen MR) is 79.6 cm³/mol. The van der Waals surface area contributed by atoms with Gasteiger partial charge >= 0.3 is 0 Å². The van der Waals surface area contributed by atoms with Crippen LogP contribution in [0.25, 0.3) is 0 Å². The monoisotopic (exact) mass is 277 g/mol. The summed E-state index contributed by atoms with van der Waals surface area (Å²) in [6, 6.07) is 4.96. The lowest BCUT2D eigenvalue weighted by molar-refractivity contribution is -0.122. The summed E-state index contributed by atoms with van der Waals surface area (Å²) in [5, 5.41) is 5.73. The maximum atomic E-state index is 12.3. The molecule has 2 nitrogen and oxygen atoms in total. The van der Waals surface area contributed by atoms with Gasteiger partial charge in [0.1, 0.15) is 5.78 Å². The highest BCUT2D eigenvalue weighted by Crippen LogP contribution is 2.32. The van der Waals surface area contributed by atoms with Crippen molar-refractivity contribution < 1.29 is 4.79 Å². The summed E-state index contributed by atoms with van der Waals surface area (Å²) in [6.45, 7) is 0. The van der Waals surface area contributed by atoms with Crippen LogP contribution in [0.1, 0.15) is 49.8 Å². The van der Waals surface area contributed by atoms with E-state index in [1.54, 1.807) is 11.3 Å². The molecule has 1 aromatic rings. The lowest BCUT2D eigenvalue weighted by atomic mass is 9.77. The number of Topliss-reactive ketones (excluding diaryl/α,β-unsaturated/α-hetero) is 1. The minimum absolute atomic E-state index is 0.138. The van der Waals surface area contributed by atoms with Crippen LogP contribution in [0.4, 0.5) is 0 Å². The van der Waals surface area contributed by atoms with Crippen LogP contribution in [0, 0.1) is 5.92 Å². The van der Waals surface area contributed by atoms with E-state index in [0.717, 1.165) is 18.8 Å². The van der Waals surface area contributed by atoms with Crippen LogP contribution in [0.5, 0.6) is 0 Å². The van der Waals surface area contributed by atoms with Gasteiger partial charge in [-0.2, -0.15) is 0 Å². The van der Waals surface area contributed by atoms with E-state index in [1.807, 2.05) is 0 Å². The molecule has 3 atom stereocenters. The Morgan fingerprint density at radius 3 is 3.00 bits per heavy atom. The number of hydrogen-bond donors (Lipinski definition) is 1. The van der Waals surface area contributed by atoms with Crippen molar-refractivity contribution >= 4 is 17.1 Å². The number of nitrogens with one attached hydrogen (secondary N) is 1. The van der Waals surface area contributed by atoms with Gasteiger partial charge in [-0.15, -0.1) is 11.3 Å². The molecule has 0 aromatic carbocycles. The summed E-state index contributed by atoms with van der Waals surface area (Å²) in [7, 11) is 0. The topological polar surface area (TPSA) is 29.1 Å². The summed E-state index contributed by atoms with van der Waals surface area (Å²) < 4.78 is 0. The summed E-state index contributed by atoms with van der Waals surface area (Å²) in [5.41, 5.74) is 0. The highest BCUT2D eigenvalue weighted by Gasteiger charge is 2.33. The van der Waals surface area contributed by atoms with Crippen LogP contribution in [0.3, 0.4) is 0 Å². The first-order chi connectivity index (χ1) is 9.33. The Bertz CT molecular complexity index is 414. The number of piperidine rings is 1. The minimum atomic E-state index is 0.138. The first-order valence-corrected chi connectivity index (χ1v) is 8.52. The van der Waals surface area contributed by atoms with Gasteiger partial charge in [-0.25, -0.2) is 0 Å². The number of rotatable bonds is 4. The molecule has 0 bridgehead atoms. The summed E-state index contributed by atoms with van der Waals surface area (Å²) in [6.07, 6.45) is 9.31. The molecule has 1 aliphatic carbocycles. The van der Waals surface area contributed by atoms with E-state index in [9.17, 15) is 4.79 Å². The van der Waals surface area contributed by atoms with Gasteiger partial charge in [-0.3, -0.25) is 4.79 Å². The van der Waals surface area contributed by atoms with Crippen LogP contribution >= 0.6 is 11.3 Å². The number of hydrogen-bond acceptors (Lipinski definition) is 3. The molecule has 1 N–H and O–H groups in total. The van der Waals surface area contributed by atoms with Gasteiger partial charge in [0, 0.05) is 17.3 Å². The Hall–Kier alpha value is -0.670. The Labute approximate surface area is 119 Å². The second-order valence-electron chi connectivity index (χ2n) is 5.99. The van der Waals surface area contributed by atoms with E-state index < -0.39 is 0 Å². The Morgan fingerprint density at radius 1 is 1.26 bits per heavy atom. The molecular weight excluding hydrogens is 254 g/mol. The van der Waals surface area contributed by atoms with Gasteiger partial charge in [0.05, 0.1) is 6.04 Å². The molecule has 0 amide bonds. The number of aryl methyl sites for hydroxylation is 1. The maximum Gasteiger partial charge on any atom is 0.150 e. The summed E-state index contributed by atoms with van der Waals surface area (Å²) in [4.78, 5) is 13.6. The van der Waals surface area contributed by atoms with Crippen LogP contribution in [0.2, 0.25) is 0 Å². The van der Waals surface area contributed by atoms with Gasteiger partial charge in [-0.1, -0.05) is 18.9 Å². The van der Waals surface area contributed by atoms with Gasteiger partial charge in [-0.05, 0) is 49.5 Å². The smallest absolute Gasteiger partial charge is 0.150 e. The van der Waals surface area contributed by atoms with Crippen molar-refractivity contribution in [2.24, 2.45) is 5.92 Å². The van der Waals surface area contributed by atoms with Gasteiger partial charge in [0.15, 0.2) is 0 Å². The highest BCUT2D eigenvalue weighted by atomic mass is 32.1. The summed E-state index contributed by atoms with van der Waals surface area (Å²) >= 11 is 1.76. The maximum absolute atomic E-state index is 12.3. The Morgan fingerprint density at radius 2 is 2.16 bits per heavy atom. The Balaban J connectivity index is 1.50. The average Bonchev–Trinajstić information content (AvgIpc) is 2.97. The third kappa shape index (κ3) is 3.26. The standard InChI is InChI=1S/C16H23NOS/c18-16(10-8-13-5-3-11-19-13)15-9-7-12-4-1-2-6-14(12)17-15/h3,5,11-12,14-15,17H,1-2,4,6-10H2. The fraction of sp³-hybridized carbons (Fsp3) is 0.688. The van der Waals surface area contributed by atoms with Crippen LogP contribution in [-0.4, -0.2) is 17.9 Å². The van der Waals surface area contributed by atoms with Gasteiger partial charge in [0.2, 0.25) is 0 Å². The zero-order valence-corrected chi connectivity index (χ0v) is 12.3. The van der Waals surface area contributed by atoms with Crippen molar-refractivity contribution in [2.75, 3.05) is 0 Å². The average molecular weight is 277 g/mol.